The molecule has 4 N–H and O–H groups in total. The first-order valence-corrected chi connectivity index (χ1v) is 30.2. The highest BCUT2D eigenvalue weighted by atomic mass is 16.5. The second kappa shape index (κ2) is 25.4. The molecule has 0 aliphatic heterocycles. The van der Waals surface area contributed by atoms with Crippen LogP contribution in [0.5, 0.6) is 0 Å². The first kappa shape index (κ1) is 58.6. The van der Waals surface area contributed by atoms with Crippen molar-refractivity contribution in [2.75, 3.05) is 32.8 Å². The molecule has 0 radical (unpaired) electrons. The molecule has 6 saturated carbocycles. The van der Waals surface area contributed by atoms with Gasteiger partial charge >= 0.3 is 0 Å². The minimum Gasteiger partial charge on any atom is -0.376 e. The average Bonchev–Trinajstić information content (AvgIpc) is 3.88. The van der Waals surface area contributed by atoms with Gasteiger partial charge in [0.25, 0.3) is 0 Å². The van der Waals surface area contributed by atoms with Gasteiger partial charge in [0.2, 0.25) is 11.8 Å². The molecule has 0 unspecified atom stereocenters. The second-order valence-corrected chi connectivity index (χ2v) is 27.3. The van der Waals surface area contributed by atoms with E-state index >= 15 is 0 Å². The molecule has 16 atom stereocenters. The highest BCUT2D eigenvalue weighted by Crippen LogP contribution is 2.69. The van der Waals surface area contributed by atoms with Gasteiger partial charge in [-0.3, -0.25) is 9.59 Å². The smallest absolute Gasteiger partial charge is 0.233 e. The van der Waals surface area contributed by atoms with Crippen molar-refractivity contribution >= 4 is 11.8 Å². The molecule has 7 heteroatoms. The third-order valence-corrected chi connectivity index (χ3v) is 22.6. The van der Waals surface area contributed by atoms with Crippen LogP contribution in [0, 0.1) is 92.7 Å². The fraction of sp³-hybridized carbons (Fsp3) is 0.906. The zero-order chi connectivity index (χ0) is 50.4. The van der Waals surface area contributed by atoms with E-state index in [-0.39, 0.29) is 25.8 Å². The van der Waals surface area contributed by atoms with Crippen LogP contribution < -0.4 is 16.4 Å². The van der Waals surface area contributed by atoms with Crippen LogP contribution in [0.2, 0.25) is 0 Å². The van der Waals surface area contributed by atoms with Gasteiger partial charge in [0.1, 0.15) is 0 Å². The molecule has 0 aromatic carbocycles. The van der Waals surface area contributed by atoms with Gasteiger partial charge in [0, 0.05) is 19.5 Å². The number of rotatable bonds is 20. The highest BCUT2D eigenvalue weighted by Gasteiger charge is 2.61. The first-order chi connectivity index (χ1) is 33.4. The lowest BCUT2D eigenvalue weighted by molar-refractivity contribution is -0.121. The summed E-state index contributed by atoms with van der Waals surface area (Å²) < 4.78 is 12.4. The van der Waals surface area contributed by atoms with Crippen molar-refractivity contribution < 1.29 is 19.1 Å². The Morgan fingerprint density at radius 2 is 1.01 bits per heavy atom. The lowest BCUT2D eigenvalue weighted by Crippen LogP contribution is -2.51. The van der Waals surface area contributed by atoms with Crippen LogP contribution in [0.3, 0.4) is 0 Å². The highest BCUT2D eigenvalue weighted by molar-refractivity contribution is 5.77. The Labute approximate surface area is 437 Å². The maximum atomic E-state index is 11.5. The molecule has 0 bridgehead atoms. The number of nitrogens with one attached hydrogen (secondary N) is 2. The Hall–Kier alpha value is -1.70. The Bertz CT molecular complexity index is 1650. The fourth-order valence-electron chi connectivity index (χ4n) is 18.6. The van der Waals surface area contributed by atoms with Gasteiger partial charge in [-0.25, -0.2) is 0 Å². The maximum Gasteiger partial charge on any atom is 0.233 e. The van der Waals surface area contributed by atoms with E-state index in [9.17, 15) is 9.59 Å². The number of carbonyl (C=O) groups excluding carboxylic acids is 2. The van der Waals surface area contributed by atoms with E-state index in [2.05, 4.69) is 92.0 Å². The maximum absolute atomic E-state index is 11.5. The van der Waals surface area contributed by atoms with Crippen LogP contribution in [0.4, 0.5) is 0 Å². The molecule has 6 fully saturated rings. The molecule has 7 nitrogen and oxygen atoms in total. The first-order valence-electron chi connectivity index (χ1n) is 30.2. The quantitative estimate of drug-likeness (QED) is 0.0833. The monoisotopic (exact) mass is 988 g/mol. The molecule has 71 heavy (non-hydrogen) atoms. The Morgan fingerprint density at radius 1 is 0.592 bits per heavy atom. The molecular weight excluding hydrogens is 875 g/mol. The summed E-state index contributed by atoms with van der Waals surface area (Å²) in [5, 5.41) is 5.77. The van der Waals surface area contributed by atoms with Crippen molar-refractivity contribution in [1.29, 1.82) is 0 Å². The number of amides is 2. The molecule has 0 heterocycles. The minimum atomic E-state index is -0.103. The minimum absolute atomic E-state index is 0. The number of allylic oxidation sites excluding steroid dienone is 2. The zero-order valence-electron chi connectivity index (χ0n) is 47.2. The molecule has 8 rings (SSSR count). The van der Waals surface area contributed by atoms with Crippen molar-refractivity contribution in [3.63, 3.8) is 0 Å². The van der Waals surface area contributed by atoms with Gasteiger partial charge in [-0.05, 0) is 195 Å². The van der Waals surface area contributed by atoms with Crippen molar-refractivity contribution in [3.8, 4) is 0 Å². The Kier molecular flexibility index (Phi) is 21.0. The number of nitrogens with two attached hydrogens (primary N) is 1. The summed E-state index contributed by atoms with van der Waals surface area (Å²) in [4.78, 5) is 22.8. The van der Waals surface area contributed by atoms with Gasteiger partial charge in [0.15, 0.2) is 0 Å². The van der Waals surface area contributed by atoms with Crippen molar-refractivity contribution in [3.05, 3.63) is 23.3 Å². The number of carbonyl (C=O) groups is 2. The van der Waals surface area contributed by atoms with Crippen molar-refractivity contribution in [2.24, 2.45) is 98.4 Å². The number of hydrogen-bond acceptors (Lipinski definition) is 5. The third kappa shape index (κ3) is 12.9. The summed E-state index contributed by atoms with van der Waals surface area (Å²) in [7, 11) is 0. The number of fused-ring (bicyclic) bond motifs is 10. The zero-order valence-corrected chi connectivity index (χ0v) is 47.2. The summed E-state index contributed by atoms with van der Waals surface area (Å²) in [6.45, 7) is 29.6. The lowest BCUT2D eigenvalue weighted by Gasteiger charge is -2.58. The number of ether oxygens (including phenoxy) is 2. The van der Waals surface area contributed by atoms with Crippen LogP contribution in [0.15, 0.2) is 23.3 Å². The molecule has 8 aliphatic rings. The van der Waals surface area contributed by atoms with E-state index in [0.717, 1.165) is 90.3 Å². The summed E-state index contributed by atoms with van der Waals surface area (Å²) in [5.74, 6) is 10.7. The van der Waals surface area contributed by atoms with Gasteiger partial charge < -0.3 is 25.8 Å². The molecule has 0 aromatic rings. The topological polar surface area (TPSA) is 103 Å². The van der Waals surface area contributed by atoms with E-state index in [1.54, 1.807) is 11.1 Å². The molecule has 8 aliphatic carbocycles. The largest absolute Gasteiger partial charge is 0.376 e. The Balaban J connectivity index is 0.000000229. The van der Waals surface area contributed by atoms with Gasteiger partial charge in [0.05, 0.1) is 32.0 Å². The van der Waals surface area contributed by atoms with Gasteiger partial charge in [-0.1, -0.05) is 145 Å². The van der Waals surface area contributed by atoms with E-state index in [0.29, 0.717) is 66.6 Å². The summed E-state index contributed by atoms with van der Waals surface area (Å²) in [6, 6.07) is 0. The standard InChI is InChI=1S/C32H55NO2.C31H54N2O2.CH4/c1-7-30(34)33-19-20-35-25-15-17-31(5)24(21-25)11-12-26-28-14-13-27(23(4)10-8-9-22(2)3)32(28,6)18-16-29(26)31;1-21(2)7-6-8-22(3)26-11-12-27-25-10-9-23-19-24(35-18-17-33-29(34)20-32)13-15-30(23,4)28(25)14-16-31(26,27)5;/h11,22-23,25-29H,7-10,12-21H2,1-6H3,(H,33,34);9,21-22,24-28H,6-8,10-20,32H2,1-5H3,(H,33,34);1H4/t23-,25+,26+,27-,28+,29+,31+,32-;22-,24+,25+,26-,27+,28+,30+,31-;/m11./s1. The van der Waals surface area contributed by atoms with E-state index in [4.69, 9.17) is 15.2 Å². The Morgan fingerprint density at radius 3 is 1.41 bits per heavy atom. The predicted octanol–water partition coefficient (Wildman–Crippen LogP) is 15.1. The second-order valence-electron chi connectivity index (χ2n) is 27.3. The number of hydrogen-bond donors (Lipinski definition) is 3. The van der Waals surface area contributed by atoms with Crippen LogP contribution in [-0.4, -0.2) is 56.9 Å². The molecule has 0 aromatic heterocycles. The molecule has 0 saturated heterocycles. The van der Waals surface area contributed by atoms with E-state index in [1.165, 1.54) is 122 Å². The predicted molar refractivity (Wildman–Crippen MR) is 298 cm³/mol. The molecule has 0 spiro atoms. The van der Waals surface area contributed by atoms with E-state index in [1.807, 2.05) is 6.92 Å². The summed E-state index contributed by atoms with van der Waals surface area (Å²) in [6.07, 6.45) is 36.3. The molecular formula is C64H113N3O4. The van der Waals surface area contributed by atoms with Crippen molar-refractivity contribution in [1.82, 2.24) is 10.6 Å². The normalized spacial score (nSPS) is 38.8. The van der Waals surface area contributed by atoms with Crippen LogP contribution in [0.1, 0.15) is 231 Å². The van der Waals surface area contributed by atoms with Crippen LogP contribution in [-0.2, 0) is 19.1 Å². The van der Waals surface area contributed by atoms with E-state index < -0.39 is 0 Å². The molecule has 408 valence electrons. The fourth-order valence-corrected chi connectivity index (χ4v) is 18.6. The third-order valence-electron chi connectivity index (χ3n) is 22.6. The van der Waals surface area contributed by atoms with Crippen LogP contribution >= 0.6 is 0 Å². The lowest BCUT2D eigenvalue weighted by atomic mass is 9.47. The summed E-state index contributed by atoms with van der Waals surface area (Å²) in [5.41, 5.74) is 10.7. The SMILES string of the molecule is C.CC(C)CCC[C@@H](C)[C@H]1CC[C@H]2[C@@H]3CC=C4C[C@@H](OCCNC(=O)CN)CC[C@]4(C)[C@H]3CC[C@]12C.CCC(=O)NCCO[C@H]1CC[C@@]2(C)C(=CC[C@H]3[C@@H]4CC[C@H]([C@H](C)CCCC(C)C)[C@@]4(C)CC[C@@H]32)C1. The van der Waals surface area contributed by atoms with Gasteiger partial charge in [-0.15, -0.1) is 0 Å². The molecule has 2 amide bonds. The van der Waals surface area contributed by atoms with Crippen molar-refractivity contribution in [2.45, 2.75) is 243 Å². The van der Waals surface area contributed by atoms with Gasteiger partial charge in [-0.2, -0.15) is 0 Å². The average molecular weight is 989 g/mol. The summed E-state index contributed by atoms with van der Waals surface area (Å²) >= 11 is 0. The van der Waals surface area contributed by atoms with Crippen LogP contribution in [0.25, 0.3) is 0 Å².